The summed E-state index contributed by atoms with van der Waals surface area (Å²) in [5.74, 6) is -1.47. The van der Waals surface area contributed by atoms with Gasteiger partial charge in [0.15, 0.2) is 11.6 Å². The summed E-state index contributed by atoms with van der Waals surface area (Å²) in [6.45, 7) is 2.18. The van der Waals surface area contributed by atoms with Crippen molar-refractivity contribution in [3.8, 4) is 5.75 Å². The van der Waals surface area contributed by atoms with Gasteiger partial charge in [0.05, 0.1) is 0 Å². The number of hydrogen-bond donors (Lipinski definition) is 2. The molecule has 0 saturated carbocycles. The fourth-order valence-corrected chi connectivity index (χ4v) is 1.62. The highest BCUT2D eigenvalue weighted by molar-refractivity contribution is 5.50. The molecule has 2 aromatic rings. The van der Waals surface area contributed by atoms with Crippen LogP contribution in [0.2, 0.25) is 0 Å². The smallest absolute Gasteiger partial charge is 0.159 e. The highest BCUT2D eigenvalue weighted by Gasteiger charge is 2.03. The molecule has 0 amide bonds. The summed E-state index contributed by atoms with van der Waals surface area (Å²) in [4.78, 5) is 0. The average Bonchev–Trinajstić information content (AvgIpc) is 2.35. The predicted molar refractivity (Wildman–Crippen MR) is 66.5 cm³/mol. The van der Waals surface area contributed by atoms with Crippen molar-refractivity contribution < 1.29 is 13.9 Å². The summed E-state index contributed by atoms with van der Waals surface area (Å²) in [6, 6.07) is 8.89. The molecule has 2 rings (SSSR count). The van der Waals surface area contributed by atoms with Gasteiger partial charge in [-0.2, -0.15) is 0 Å². The van der Waals surface area contributed by atoms with Crippen LogP contribution < -0.4 is 5.32 Å². The van der Waals surface area contributed by atoms with E-state index < -0.39 is 11.6 Å². The van der Waals surface area contributed by atoms with Crippen LogP contribution in [0.15, 0.2) is 36.4 Å². The molecule has 0 aliphatic heterocycles. The second kappa shape index (κ2) is 5.04. The van der Waals surface area contributed by atoms with E-state index in [4.69, 9.17) is 0 Å². The molecule has 2 aromatic carbocycles. The van der Waals surface area contributed by atoms with Crippen molar-refractivity contribution in [2.45, 2.75) is 13.5 Å². The molecule has 2 nitrogen and oxygen atoms in total. The highest BCUT2D eigenvalue weighted by atomic mass is 19.2. The minimum Gasteiger partial charge on any atom is -0.508 e. The first-order chi connectivity index (χ1) is 8.56. The van der Waals surface area contributed by atoms with Gasteiger partial charge >= 0.3 is 0 Å². The van der Waals surface area contributed by atoms with Crippen LogP contribution >= 0.6 is 0 Å². The number of phenols is 1. The van der Waals surface area contributed by atoms with Crippen LogP contribution in [0.3, 0.4) is 0 Å². The van der Waals surface area contributed by atoms with Gasteiger partial charge in [-0.25, -0.2) is 8.78 Å². The van der Waals surface area contributed by atoms with Crippen molar-refractivity contribution in [3.63, 3.8) is 0 Å². The fourth-order valence-electron chi connectivity index (χ4n) is 1.62. The van der Waals surface area contributed by atoms with E-state index in [1.165, 1.54) is 6.07 Å². The number of nitrogens with one attached hydrogen (secondary N) is 1. The molecular formula is C14H13F2NO. The van der Waals surface area contributed by atoms with Crippen LogP contribution in [-0.4, -0.2) is 5.11 Å². The van der Waals surface area contributed by atoms with E-state index in [2.05, 4.69) is 5.32 Å². The molecule has 0 aliphatic carbocycles. The lowest BCUT2D eigenvalue weighted by Crippen LogP contribution is -2.00. The van der Waals surface area contributed by atoms with Gasteiger partial charge in [-0.15, -0.1) is 0 Å². The predicted octanol–water partition coefficient (Wildman–Crippen LogP) is 3.59. The van der Waals surface area contributed by atoms with Crippen molar-refractivity contribution in [3.05, 3.63) is 59.2 Å². The second-order valence-corrected chi connectivity index (χ2v) is 4.10. The van der Waals surface area contributed by atoms with E-state index in [1.54, 1.807) is 25.1 Å². The fraction of sp³-hybridized carbons (Fsp3) is 0.143. The van der Waals surface area contributed by atoms with Crippen LogP contribution in [0.4, 0.5) is 14.5 Å². The molecule has 0 fully saturated rings. The summed E-state index contributed by atoms with van der Waals surface area (Å²) in [7, 11) is 0. The molecule has 0 atom stereocenters. The van der Waals surface area contributed by atoms with E-state index in [1.807, 2.05) is 0 Å². The summed E-state index contributed by atoms with van der Waals surface area (Å²) >= 11 is 0. The van der Waals surface area contributed by atoms with Crippen molar-refractivity contribution in [1.82, 2.24) is 0 Å². The first-order valence-corrected chi connectivity index (χ1v) is 5.53. The van der Waals surface area contributed by atoms with E-state index >= 15 is 0 Å². The highest BCUT2D eigenvalue weighted by Crippen LogP contribution is 2.20. The molecule has 0 unspecified atom stereocenters. The molecule has 0 spiro atoms. The SMILES string of the molecule is Cc1cc(NCc2ccc(F)c(F)c2)ccc1O. The number of anilines is 1. The third-order valence-electron chi connectivity index (χ3n) is 2.68. The summed E-state index contributed by atoms with van der Waals surface area (Å²) in [5.41, 5.74) is 2.22. The standard InChI is InChI=1S/C14H13F2NO/c1-9-6-11(3-5-14(9)18)17-8-10-2-4-12(15)13(16)7-10/h2-7,17-18H,8H2,1H3. The van der Waals surface area contributed by atoms with Crippen molar-refractivity contribution >= 4 is 5.69 Å². The number of phenolic OH excluding ortho intramolecular Hbond substituents is 1. The van der Waals surface area contributed by atoms with Crippen LogP contribution in [0, 0.1) is 18.6 Å². The molecule has 94 valence electrons. The first kappa shape index (κ1) is 12.4. The van der Waals surface area contributed by atoms with Gasteiger partial charge in [-0.05, 0) is 48.4 Å². The molecule has 0 aliphatic rings. The Morgan fingerprint density at radius 2 is 1.83 bits per heavy atom. The molecule has 0 aromatic heterocycles. The molecule has 0 heterocycles. The number of hydrogen-bond acceptors (Lipinski definition) is 2. The molecule has 0 radical (unpaired) electrons. The van der Waals surface area contributed by atoms with Crippen LogP contribution in [0.1, 0.15) is 11.1 Å². The maximum absolute atomic E-state index is 13.0. The zero-order chi connectivity index (χ0) is 13.1. The van der Waals surface area contributed by atoms with Crippen LogP contribution in [0.25, 0.3) is 0 Å². The Labute approximate surface area is 104 Å². The maximum atomic E-state index is 13.0. The minimum absolute atomic E-state index is 0.230. The Hall–Kier alpha value is -2.10. The number of halogens is 2. The number of benzene rings is 2. The number of rotatable bonds is 3. The lowest BCUT2D eigenvalue weighted by Gasteiger charge is -2.08. The first-order valence-electron chi connectivity index (χ1n) is 5.53. The van der Waals surface area contributed by atoms with Gasteiger partial charge in [-0.3, -0.25) is 0 Å². The largest absolute Gasteiger partial charge is 0.508 e. The zero-order valence-electron chi connectivity index (χ0n) is 9.87. The van der Waals surface area contributed by atoms with E-state index in [0.29, 0.717) is 12.1 Å². The Bertz CT molecular complexity index is 518. The second-order valence-electron chi connectivity index (χ2n) is 4.10. The Morgan fingerprint density at radius 3 is 2.50 bits per heavy atom. The van der Waals surface area contributed by atoms with Crippen molar-refractivity contribution in [2.24, 2.45) is 0 Å². The normalized spacial score (nSPS) is 10.4. The van der Waals surface area contributed by atoms with Crippen LogP contribution in [-0.2, 0) is 6.54 Å². The zero-order valence-corrected chi connectivity index (χ0v) is 9.87. The Morgan fingerprint density at radius 1 is 1.06 bits per heavy atom. The lowest BCUT2D eigenvalue weighted by molar-refractivity contribution is 0.471. The molecular weight excluding hydrogens is 236 g/mol. The van der Waals surface area contributed by atoms with Crippen LogP contribution in [0.5, 0.6) is 5.75 Å². The van der Waals surface area contributed by atoms with Gasteiger partial charge in [0.25, 0.3) is 0 Å². The number of aromatic hydroxyl groups is 1. The van der Waals surface area contributed by atoms with E-state index in [0.717, 1.165) is 23.4 Å². The van der Waals surface area contributed by atoms with Gasteiger partial charge in [0.1, 0.15) is 5.75 Å². The molecule has 0 bridgehead atoms. The Kier molecular flexibility index (Phi) is 3.46. The summed E-state index contributed by atoms with van der Waals surface area (Å²) < 4.78 is 25.7. The Balaban J connectivity index is 2.06. The third kappa shape index (κ3) is 2.77. The molecule has 18 heavy (non-hydrogen) atoms. The third-order valence-corrected chi connectivity index (χ3v) is 2.68. The van der Waals surface area contributed by atoms with Gasteiger partial charge in [0, 0.05) is 12.2 Å². The topological polar surface area (TPSA) is 32.3 Å². The minimum atomic E-state index is -0.851. The summed E-state index contributed by atoms with van der Waals surface area (Å²) in [5, 5.41) is 12.5. The molecule has 0 saturated heterocycles. The van der Waals surface area contributed by atoms with E-state index in [9.17, 15) is 13.9 Å². The molecule has 2 N–H and O–H groups in total. The van der Waals surface area contributed by atoms with Crippen molar-refractivity contribution in [1.29, 1.82) is 0 Å². The maximum Gasteiger partial charge on any atom is 0.159 e. The monoisotopic (exact) mass is 249 g/mol. The van der Waals surface area contributed by atoms with Gasteiger partial charge in [-0.1, -0.05) is 6.07 Å². The van der Waals surface area contributed by atoms with Gasteiger partial charge in [0.2, 0.25) is 0 Å². The lowest BCUT2D eigenvalue weighted by atomic mass is 10.2. The van der Waals surface area contributed by atoms with Crippen molar-refractivity contribution in [2.75, 3.05) is 5.32 Å². The quantitative estimate of drug-likeness (QED) is 0.815. The van der Waals surface area contributed by atoms with Gasteiger partial charge < -0.3 is 10.4 Å². The average molecular weight is 249 g/mol. The molecule has 4 heteroatoms. The summed E-state index contributed by atoms with van der Waals surface area (Å²) in [6.07, 6.45) is 0. The van der Waals surface area contributed by atoms with E-state index in [-0.39, 0.29) is 5.75 Å². The number of aryl methyl sites for hydroxylation is 1.